The smallest absolute Gasteiger partial charge is 0.181 e. The van der Waals surface area contributed by atoms with Crippen LogP contribution in [-0.2, 0) is 9.59 Å². The Morgan fingerprint density at radius 1 is 1.28 bits per heavy atom. The molecular formula is C19H18ClNO4. The number of aromatic nitrogens is 1. The summed E-state index contributed by atoms with van der Waals surface area (Å²) in [5.41, 5.74) is 0.196. The molecule has 1 aliphatic rings. The first kappa shape index (κ1) is 17.4. The van der Waals surface area contributed by atoms with Crippen LogP contribution in [0.1, 0.15) is 43.2 Å². The Kier molecular flexibility index (Phi) is 4.29. The van der Waals surface area contributed by atoms with Crippen molar-refractivity contribution in [3.05, 3.63) is 57.9 Å². The maximum absolute atomic E-state index is 13.1. The third-order valence-electron chi connectivity index (χ3n) is 4.47. The van der Waals surface area contributed by atoms with Gasteiger partial charge in [-0.3, -0.25) is 9.59 Å². The van der Waals surface area contributed by atoms with Crippen LogP contribution in [0.3, 0.4) is 0 Å². The van der Waals surface area contributed by atoms with Crippen LogP contribution in [0.25, 0.3) is 5.76 Å². The van der Waals surface area contributed by atoms with Crippen LogP contribution < -0.4 is 0 Å². The molecule has 1 aromatic heterocycles. The van der Waals surface area contributed by atoms with E-state index in [2.05, 4.69) is 5.16 Å². The summed E-state index contributed by atoms with van der Waals surface area (Å²) in [5, 5.41) is 14.9. The number of nitrogens with zero attached hydrogens (tertiary/aromatic N) is 1. The summed E-state index contributed by atoms with van der Waals surface area (Å²) in [4.78, 5) is 25.7. The van der Waals surface area contributed by atoms with E-state index in [4.69, 9.17) is 16.1 Å². The van der Waals surface area contributed by atoms with Crippen LogP contribution in [0.5, 0.6) is 0 Å². The molecule has 0 aliphatic heterocycles. The van der Waals surface area contributed by atoms with E-state index >= 15 is 0 Å². The zero-order chi connectivity index (χ0) is 18.4. The Morgan fingerprint density at radius 2 is 1.92 bits per heavy atom. The number of halogens is 1. The lowest BCUT2D eigenvalue weighted by atomic mass is 9.64. The van der Waals surface area contributed by atoms with Crippen molar-refractivity contribution in [2.24, 2.45) is 5.41 Å². The fourth-order valence-corrected chi connectivity index (χ4v) is 3.40. The molecule has 0 spiro atoms. The highest BCUT2D eigenvalue weighted by atomic mass is 35.5. The van der Waals surface area contributed by atoms with Crippen molar-refractivity contribution >= 4 is 28.9 Å². The Morgan fingerprint density at radius 3 is 2.48 bits per heavy atom. The summed E-state index contributed by atoms with van der Waals surface area (Å²) in [6.45, 7) is 5.43. The maximum atomic E-state index is 13.1. The molecule has 0 saturated heterocycles. The molecule has 1 aliphatic carbocycles. The molecule has 1 N–H and O–H groups in total. The van der Waals surface area contributed by atoms with Gasteiger partial charge in [0.05, 0.1) is 11.6 Å². The lowest BCUT2D eigenvalue weighted by Gasteiger charge is -2.36. The van der Waals surface area contributed by atoms with Crippen molar-refractivity contribution in [1.29, 1.82) is 0 Å². The van der Waals surface area contributed by atoms with E-state index in [1.54, 1.807) is 37.3 Å². The normalized spacial score (nSPS) is 22.2. The number of rotatable bonds is 2. The van der Waals surface area contributed by atoms with E-state index in [1.807, 2.05) is 13.8 Å². The number of aryl methyl sites for hydroxylation is 1. The molecule has 0 unspecified atom stereocenters. The average Bonchev–Trinajstić information content (AvgIpc) is 2.92. The van der Waals surface area contributed by atoms with Crippen LogP contribution in [0.2, 0.25) is 5.02 Å². The highest BCUT2D eigenvalue weighted by molar-refractivity contribution is 6.30. The van der Waals surface area contributed by atoms with E-state index in [0.717, 1.165) is 0 Å². The first-order chi connectivity index (χ1) is 11.7. The Bertz CT molecular complexity index is 877. The fraction of sp³-hybridized carbons (Fsp3) is 0.316. The minimum absolute atomic E-state index is 0.121. The number of hydrogen-bond donors (Lipinski definition) is 1. The van der Waals surface area contributed by atoms with Crippen LogP contribution in [0.15, 0.2) is 40.4 Å². The van der Waals surface area contributed by atoms with E-state index in [1.165, 1.54) is 0 Å². The molecule has 3 rings (SSSR count). The number of carbonyl (C=O) groups is 2. The zero-order valence-corrected chi connectivity index (χ0v) is 14.9. The van der Waals surface area contributed by atoms with Gasteiger partial charge < -0.3 is 9.63 Å². The number of hydrogen-bond acceptors (Lipinski definition) is 5. The molecule has 1 fully saturated rings. The van der Waals surface area contributed by atoms with Gasteiger partial charge in [-0.2, -0.15) is 0 Å². The third-order valence-corrected chi connectivity index (χ3v) is 4.72. The van der Waals surface area contributed by atoms with Crippen LogP contribution >= 0.6 is 11.6 Å². The van der Waals surface area contributed by atoms with Crippen LogP contribution in [0, 0.1) is 12.3 Å². The first-order valence-electron chi connectivity index (χ1n) is 7.90. The van der Waals surface area contributed by atoms with Gasteiger partial charge in [-0.05, 0) is 36.6 Å². The van der Waals surface area contributed by atoms with Crippen LogP contribution in [-0.4, -0.2) is 21.8 Å². The van der Waals surface area contributed by atoms with Crippen molar-refractivity contribution in [2.75, 3.05) is 0 Å². The summed E-state index contributed by atoms with van der Waals surface area (Å²) in [7, 11) is 0. The molecule has 5 nitrogen and oxygen atoms in total. The summed E-state index contributed by atoms with van der Waals surface area (Å²) >= 11 is 5.85. The fourth-order valence-electron chi connectivity index (χ4n) is 3.28. The molecule has 0 radical (unpaired) electrons. The molecule has 2 aromatic rings. The Labute approximate surface area is 150 Å². The standard InChI is InChI=1S/C19H18ClNO4/c1-10-8-14(25-21-10)16-18(24)15(13(22)9-19(16,2)3)17(23)11-4-6-12(20)7-5-11/h4-8,16,23H,9H2,1-3H3/t16-/m1/s1. The number of benzene rings is 1. The van der Waals surface area contributed by atoms with E-state index < -0.39 is 17.1 Å². The van der Waals surface area contributed by atoms with Crippen LogP contribution in [0.4, 0.5) is 0 Å². The minimum atomic E-state index is -0.684. The lowest BCUT2D eigenvalue weighted by molar-refractivity contribution is -0.129. The second-order valence-electron chi connectivity index (χ2n) is 6.99. The predicted molar refractivity (Wildman–Crippen MR) is 93.4 cm³/mol. The van der Waals surface area contributed by atoms with Gasteiger partial charge in [0.25, 0.3) is 0 Å². The molecule has 1 saturated carbocycles. The SMILES string of the molecule is Cc1cc([C@@H]2C(=O)C(=C(O)c3ccc(Cl)cc3)C(=O)CC2(C)C)on1. The maximum Gasteiger partial charge on any atom is 0.181 e. The van der Waals surface area contributed by atoms with Gasteiger partial charge in [0.1, 0.15) is 17.1 Å². The Balaban J connectivity index is 2.11. The van der Waals surface area contributed by atoms with E-state index in [0.29, 0.717) is 22.0 Å². The number of Topliss-reactive ketones (excluding diaryl/α,β-unsaturated/α-hetero) is 2. The summed E-state index contributed by atoms with van der Waals surface area (Å²) in [6, 6.07) is 8.01. The molecular weight excluding hydrogens is 342 g/mol. The molecule has 0 bridgehead atoms. The Hall–Kier alpha value is -2.40. The number of aliphatic hydroxyl groups excluding tert-OH is 1. The van der Waals surface area contributed by atoms with Crippen molar-refractivity contribution in [2.45, 2.75) is 33.1 Å². The highest BCUT2D eigenvalue weighted by Crippen LogP contribution is 2.46. The number of carbonyl (C=O) groups excluding carboxylic acids is 2. The summed E-state index contributed by atoms with van der Waals surface area (Å²) < 4.78 is 5.29. The van der Waals surface area contributed by atoms with Gasteiger partial charge in [-0.15, -0.1) is 0 Å². The topological polar surface area (TPSA) is 80.4 Å². The van der Waals surface area contributed by atoms with E-state index in [9.17, 15) is 14.7 Å². The molecule has 1 heterocycles. The monoisotopic (exact) mass is 359 g/mol. The number of aliphatic hydroxyl groups is 1. The predicted octanol–water partition coefficient (Wildman–Crippen LogP) is 4.26. The minimum Gasteiger partial charge on any atom is -0.506 e. The summed E-state index contributed by atoms with van der Waals surface area (Å²) in [6.07, 6.45) is 0.121. The second-order valence-corrected chi connectivity index (χ2v) is 7.42. The molecule has 6 heteroatoms. The van der Waals surface area contributed by atoms with Gasteiger partial charge in [-0.1, -0.05) is 30.6 Å². The molecule has 130 valence electrons. The lowest BCUT2D eigenvalue weighted by Crippen LogP contribution is -2.40. The van der Waals surface area contributed by atoms with Gasteiger partial charge in [0.2, 0.25) is 0 Å². The van der Waals surface area contributed by atoms with Gasteiger partial charge >= 0.3 is 0 Å². The quantitative estimate of drug-likeness (QED) is 0.492. The second kappa shape index (κ2) is 6.15. The van der Waals surface area contributed by atoms with Crippen molar-refractivity contribution in [1.82, 2.24) is 5.16 Å². The average molecular weight is 360 g/mol. The molecule has 0 amide bonds. The van der Waals surface area contributed by atoms with Crippen molar-refractivity contribution in [3.63, 3.8) is 0 Å². The molecule has 25 heavy (non-hydrogen) atoms. The number of allylic oxidation sites excluding steroid dienone is 1. The van der Waals surface area contributed by atoms with E-state index in [-0.39, 0.29) is 23.5 Å². The first-order valence-corrected chi connectivity index (χ1v) is 8.28. The third kappa shape index (κ3) is 3.12. The largest absolute Gasteiger partial charge is 0.506 e. The van der Waals surface area contributed by atoms with Gasteiger partial charge in [0.15, 0.2) is 11.6 Å². The van der Waals surface area contributed by atoms with Gasteiger partial charge in [0, 0.05) is 23.1 Å². The highest BCUT2D eigenvalue weighted by Gasteiger charge is 2.48. The van der Waals surface area contributed by atoms with Crippen molar-refractivity contribution < 1.29 is 19.2 Å². The van der Waals surface area contributed by atoms with Gasteiger partial charge in [-0.25, -0.2) is 0 Å². The molecule has 1 aromatic carbocycles. The van der Waals surface area contributed by atoms with Crippen molar-refractivity contribution in [3.8, 4) is 0 Å². The summed E-state index contributed by atoms with van der Waals surface area (Å²) in [5.74, 6) is -1.44. The number of ketones is 2. The zero-order valence-electron chi connectivity index (χ0n) is 14.2. The molecule has 1 atom stereocenters.